The van der Waals surface area contributed by atoms with Gasteiger partial charge in [-0.25, -0.2) is 13.4 Å². The molecule has 8 nitrogen and oxygen atoms in total. The molecule has 1 amide bonds. The van der Waals surface area contributed by atoms with Crippen molar-refractivity contribution in [2.24, 2.45) is 5.10 Å². The monoisotopic (exact) mass is 401 g/mol. The lowest BCUT2D eigenvalue weighted by Crippen LogP contribution is -2.55. The summed E-state index contributed by atoms with van der Waals surface area (Å²) in [5.41, 5.74) is 3.21. The first kappa shape index (κ1) is 19.7. The number of hydrogen-bond donors (Lipinski definition) is 2. The zero-order chi connectivity index (χ0) is 20.3. The minimum absolute atomic E-state index is 0.115. The van der Waals surface area contributed by atoms with Crippen LogP contribution in [0.2, 0.25) is 0 Å². The van der Waals surface area contributed by atoms with Crippen molar-refractivity contribution in [1.82, 2.24) is 5.01 Å². The Morgan fingerprint density at radius 2 is 1.96 bits per heavy atom. The zero-order valence-electron chi connectivity index (χ0n) is 15.5. The lowest BCUT2D eigenvalue weighted by atomic mass is 9.98. The Kier molecular flexibility index (Phi) is 5.55. The molecule has 1 atom stereocenters. The lowest BCUT2D eigenvalue weighted by molar-refractivity contribution is -0.379. The first-order valence-corrected chi connectivity index (χ1v) is 10.7. The summed E-state index contributed by atoms with van der Waals surface area (Å²) in [5.74, 6) is -0.115. The van der Waals surface area contributed by atoms with E-state index in [1.54, 1.807) is 49.4 Å². The van der Waals surface area contributed by atoms with Crippen LogP contribution in [-0.2, 0) is 14.8 Å². The second-order valence-electron chi connectivity index (χ2n) is 6.54. The maximum atomic E-state index is 12.4. The van der Waals surface area contributed by atoms with Crippen LogP contribution in [0.5, 0.6) is 0 Å². The number of benzene rings is 2. The SMILES string of the molecule is CCC(=O)N1N=C(c2ccc(NS(C)(=O)=O)cc2)CC1c1cccc([NH+]=O)c1. The fraction of sp³-hybridized carbons (Fsp3) is 0.263. The van der Waals surface area contributed by atoms with Gasteiger partial charge in [-0.3, -0.25) is 9.52 Å². The van der Waals surface area contributed by atoms with E-state index in [9.17, 15) is 18.1 Å². The Bertz CT molecular complexity index is 1030. The molecule has 3 rings (SSSR count). The standard InChI is InChI=1S/C19H20N4O4S/c1-3-19(24)23-18(14-5-4-6-16(11-14)21-25)12-17(20-23)13-7-9-15(10-8-13)22-28(2,26)27/h4-11,18,22H,3,12H2,1-2H3/p+1. The van der Waals surface area contributed by atoms with E-state index in [0.29, 0.717) is 24.2 Å². The summed E-state index contributed by atoms with van der Waals surface area (Å²) in [5, 5.41) is 7.84. The Hall–Kier alpha value is -3.07. The molecule has 146 valence electrons. The van der Waals surface area contributed by atoms with Crippen molar-refractivity contribution >= 4 is 33.0 Å². The largest absolute Gasteiger partial charge is 0.284 e. The highest BCUT2D eigenvalue weighted by Crippen LogP contribution is 2.34. The van der Waals surface area contributed by atoms with Gasteiger partial charge in [0.25, 0.3) is 5.69 Å². The molecule has 0 radical (unpaired) electrons. The summed E-state index contributed by atoms with van der Waals surface area (Å²) in [6, 6.07) is 13.5. The van der Waals surface area contributed by atoms with Gasteiger partial charge in [0.15, 0.2) is 0 Å². The number of amides is 1. The van der Waals surface area contributed by atoms with Gasteiger partial charge in [0.2, 0.25) is 15.9 Å². The second kappa shape index (κ2) is 7.89. The molecular formula is C19H21N4O4S+. The Morgan fingerprint density at radius 1 is 1.25 bits per heavy atom. The van der Waals surface area contributed by atoms with E-state index in [4.69, 9.17) is 0 Å². The Balaban J connectivity index is 1.90. The number of nitroso groups, excluding NO2 is 1. The zero-order valence-corrected chi connectivity index (χ0v) is 16.4. The molecule has 1 aliphatic rings. The molecule has 0 bridgehead atoms. The molecule has 0 saturated heterocycles. The quantitative estimate of drug-likeness (QED) is 0.766. The number of carbonyl (C=O) groups excluding carboxylic acids is 1. The molecule has 0 aromatic heterocycles. The van der Waals surface area contributed by atoms with Gasteiger partial charge in [-0.15, -0.1) is 0 Å². The molecule has 0 fully saturated rings. The lowest BCUT2D eigenvalue weighted by Gasteiger charge is -2.21. The van der Waals surface area contributed by atoms with Gasteiger partial charge in [0.05, 0.1) is 18.0 Å². The van der Waals surface area contributed by atoms with Crippen molar-refractivity contribution in [2.45, 2.75) is 25.8 Å². The van der Waals surface area contributed by atoms with Crippen molar-refractivity contribution in [3.8, 4) is 0 Å². The molecule has 28 heavy (non-hydrogen) atoms. The predicted octanol–water partition coefficient (Wildman–Crippen LogP) is 1.62. The topological polar surface area (TPSA) is 110 Å². The molecule has 0 saturated carbocycles. The summed E-state index contributed by atoms with van der Waals surface area (Å²) in [6.07, 6.45) is 1.89. The molecule has 0 aliphatic carbocycles. The highest BCUT2D eigenvalue weighted by molar-refractivity contribution is 7.92. The third-order valence-corrected chi connectivity index (χ3v) is 4.99. The Morgan fingerprint density at radius 3 is 2.57 bits per heavy atom. The van der Waals surface area contributed by atoms with Gasteiger partial charge >= 0.3 is 0 Å². The van der Waals surface area contributed by atoms with Crippen LogP contribution in [0.4, 0.5) is 11.4 Å². The van der Waals surface area contributed by atoms with Crippen LogP contribution in [0.25, 0.3) is 0 Å². The van der Waals surface area contributed by atoms with Gasteiger partial charge in [-0.1, -0.05) is 31.2 Å². The number of anilines is 1. The first-order chi connectivity index (χ1) is 13.3. The van der Waals surface area contributed by atoms with Gasteiger partial charge in [-0.05, 0) is 23.3 Å². The molecular weight excluding hydrogens is 380 g/mol. The van der Waals surface area contributed by atoms with Crippen LogP contribution in [0.15, 0.2) is 53.6 Å². The van der Waals surface area contributed by atoms with E-state index < -0.39 is 10.0 Å². The van der Waals surface area contributed by atoms with E-state index in [1.165, 1.54) is 5.01 Å². The van der Waals surface area contributed by atoms with Gasteiger partial charge in [0, 0.05) is 40.7 Å². The number of sulfonamides is 1. The van der Waals surface area contributed by atoms with Crippen LogP contribution in [0.1, 0.15) is 36.9 Å². The minimum atomic E-state index is -3.35. The summed E-state index contributed by atoms with van der Waals surface area (Å²) in [6.45, 7) is 1.77. The third-order valence-electron chi connectivity index (χ3n) is 4.38. The number of rotatable bonds is 6. The summed E-state index contributed by atoms with van der Waals surface area (Å²) < 4.78 is 25.1. The normalized spacial score (nSPS) is 16.6. The van der Waals surface area contributed by atoms with Crippen molar-refractivity contribution in [1.29, 1.82) is 0 Å². The molecule has 2 N–H and O–H groups in total. The van der Waals surface area contributed by atoms with Crippen molar-refractivity contribution in [3.05, 3.63) is 64.6 Å². The molecule has 9 heteroatoms. The molecule has 1 heterocycles. The van der Waals surface area contributed by atoms with Crippen LogP contribution in [-0.4, -0.2) is 31.3 Å². The maximum absolute atomic E-state index is 12.4. The molecule has 2 aromatic rings. The summed E-state index contributed by atoms with van der Waals surface area (Å²) >= 11 is 0. The van der Waals surface area contributed by atoms with E-state index >= 15 is 0 Å². The van der Waals surface area contributed by atoms with E-state index in [1.807, 2.05) is 11.2 Å². The number of hydrazone groups is 1. The van der Waals surface area contributed by atoms with Crippen molar-refractivity contribution in [3.63, 3.8) is 0 Å². The third kappa shape index (κ3) is 4.42. The molecule has 1 unspecified atom stereocenters. The van der Waals surface area contributed by atoms with Gasteiger partial charge in [0.1, 0.15) is 0 Å². The Labute approximate surface area is 163 Å². The highest BCUT2D eigenvalue weighted by Gasteiger charge is 2.32. The van der Waals surface area contributed by atoms with E-state index in [0.717, 1.165) is 23.1 Å². The average Bonchev–Trinajstić information content (AvgIpc) is 3.12. The predicted molar refractivity (Wildman–Crippen MR) is 106 cm³/mol. The van der Waals surface area contributed by atoms with Crippen LogP contribution in [0.3, 0.4) is 0 Å². The van der Waals surface area contributed by atoms with Crippen LogP contribution >= 0.6 is 0 Å². The highest BCUT2D eigenvalue weighted by atomic mass is 32.2. The minimum Gasteiger partial charge on any atom is -0.284 e. The van der Waals surface area contributed by atoms with Gasteiger partial charge < -0.3 is 0 Å². The van der Waals surface area contributed by atoms with Crippen molar-refractivity contribution in [2.75, 3.05) is 11.0 Å². The number of hydrogen-bond acceptors (Lipinski definition) is 5. The average molecular weight is 401 g/mol. The molecule has 0 spiro atoms. The first-order valence-electron chi connectivity index (χ1n) is 8.76. The molecule has 1 aliphatic heterocycles. The van der Waals surface area contributed by atoms with Crippen LogP contribution in [0, 0.1) is 4.91 Å². The fourth-order valence-electron chi connectivity index (χ4n) is 3.09. The van der Waals surface area contributed by atoms with Gasteiger partial charge in [-0.2, -0.15) is 5.10 Å². The smallest absolute Gasteiger partial charge is 0.253 e. The number of carbonyl (C=O) groups is 1. The number of nitrogens with one attached hydrogen (secondary N) is 2. The van der Waals surface area contributed by atoms with E-state index in [2.05, 4.69) is 9.82 Å². The maximum Gasteiger partial charge on any atom is 0.253 e. The van der Waals surface area contributed by atoms with E-state index in [-0.39, 0.29) is 11.9 Å². The number of nitrogens with zero attached hydrogens (tertiary/aromatic N) is 2. The fourth-order valence-corrected chi connectivity index (χ4v) is 3.65. The molecule has 2 aromatic carbocycles. The van der Waals surface area contributed by atoms with Crippen molar-refractivity contribution < 1.29 is 18.4 Å². The summed E-state index contributed by atoms with van der Waals surface area (Å²) in [4.78, 5) is 23.4. The van der Waals surface area contributed by atoms with Crippen LogP contribution < -0.4 is 9.90 Å². The summed E-state index contributed by atoms with van der Waals surface area (Å²) in [7, 11) is -3.35. The second-order valence-corrected chi connectivity index (χ2v) is 8.29.